The number of fused-ring (bicyclic) bond motifs is 1. The van der Waals surface area contributed by atoms with Crippen LogP contribution in [0.3, 0.4) is 0 Å². The number of carbonyl (C=O) groups excluding carboxylic acids is 1. The maximum atomic E-state index is 12.2. The van der Waals surface area contributed by atoms with Crippen molar-refractivity contribution >= 4 is 5.91 Å². The number of ether oxygens (including phenoxy) is 2. The van der Waals surface area contributed by atoms with Crippen molar-refractivity contribution in [3.8, 4) is 5.75 Å². The second-order valence-electron chi connectivity index (χ2n) is 6.95. The van der Waals surface area contributed by atoms with E-state index in [1.54, 1.807) is 7.11 Å². The van der Waals surface area contributed by atoms with Crippen LogP contribution in [0.5, 0.6) is 5.75 Å². The third-order valence-electron chi connectivity index (χ3n) is 5.17. The van der Waals surface area contributed by atoms with Crippen molar-refractivity contribution in [2.45, 2.75) is 31.5 Å². The Morgan fingerprint density at radius 1 is 1.22 bits per heavy atom. The molecule has 4 rings (SSSR count). The highest BCUT2D eigenvalue weighted by molar-refractivity contribution is 5.78. The maximum Gasteiger partial charge on any atom is 0.248 e. The van der Waals surface area contributed by atoms with E-state index in [2.05, 4.69) is 21.9 Å². The van der Waals surface area contributed by atoms with Crippen LogP contribution < -0.4 is 4.74 Å². The Morgan fingerprint density at radius 3 is 2.70 bits per heavy atom. The summed E-state index contributed by atoms with van der Waals surface area (Å²) in [6.07, 6.45) is 2.72. The van der Waals surface area contributed by atoms with E-state index >= 15 is 0 Å². The topological polar surface area (TPSA) is 42.0 Å². The van der Waals surface area contributed by atoms with Crippen molar-refractivity contribution < 1.29 is 14.3 Å². The van der Waals surface area contributed by atoms with Gasteiger partial charge >= 0.3 is 0 Å². The van der Waals surface area contributed by atoms with Gasteiger partial charge in [-0.1, -0.05) is 12.1 Å². The fraction of sp³-hybridized carbons (Fsp3) is 0.611. The SMILES string of the molecule is COc1ccc(CN2C[C@@H]3[C@@H](C2)OCC(=O)N3CC2CC2)cc1. The van der Waals surface area contributed by atoms with Crippen LogP contribution in [0.15, 0.2) is 24.3 Å². The van der Waals surface area contributed by atoms with Crippen LogP contribution in [0.4, 0.5) is 0 Å². The first kappa shape index (κ1) is 15.0. The lowest BCUT2D eigenvalue weighted by atomic mass is 10.1. The highest BCUT2D eigenvalue weighted by Gasteiger charge is 2.44. The number of nitrogens with zero attached hydrogens (tertiary/aromatic N) is 2. The number of methoxy groups -OCH3 is 1. The minimum absolute atomic E-state index is 0.171. The molecule has 1 aromatic carbocycles. The molecule has 5 heteroatoms. The van der Waals surface area contributed by atoms with Crippen LogP contribution >= 0.6 is 0 Å². The Kier molecular flexibility index (Phi) is 3.99. The third kappa shape index (κ3) is 3.21. The third-order valence-corrected chi connectivity index (χ3v) is 5.17. The lowest BCUT2D eigenvalue weighted by Gasteiger charge is -2.36. The minimum atomic E-state index is 0.171. The van der Waals surface area contributed by atoms with Gasteiger partial charge < -0.3 is 14.4 Å². The van der Waals surface area contributed by atoms with Gasteiger partial charge in [0.25, 0.3) is 0 Å². The Balaban J connectivity index is 1.41. The van der Waals surface area contributed by atoms with E-state index in [9.17, 15) is 4.79 Å². The zero-order valence-corrected chi connectivity index (χ0v) is 13.6. The molecule has 1 aliphatic carbocycles. The zero-order valence-electron chi connectivity index (χ0n) is 13.6. The minimum Gasteiger partial charge on any atom is -0.497 e. The smallest absolute Gasteiger partial charge is 0.248 e. The van der Waals surface area contributed by atoms with E-state index in [-0.39, 0.29) is 24.7 Å². The summed E-state index contributed by atoms with van der Waals surface area (Å²) >= 11 is 0. The second kappa shape index (κ2) is 6.13. The van der Waals surface area contributed by atoms with E-state index in [0.717, 1.165) is 37.8 Å². The fourth-order valence-electron chi connectivity index (χ4n) is 3.68. The summed E-state index contributed by atoms with van der Waals surface area (Å²) in [7, 11) is 1.68. The van der Waals surface area contributed by atoms with Crippen LogP contribution in [-0.4, -0.2) is 61.2 Å². The summed E-state index contributed by atoms with van der Waals surface area (Å²) in [6, 6.07) is 8.44. The molecule has 2 heterocycles. The molecule has 0 spiro atoms. The summed E-state index contributed by atoms with van der Waals surface area (Å²) in [5.74, 6) is 1.78. The quantitative estimate of drug-likeness (QED) is 0.826. The van der Waals surface area contributed by atoms with E-state index < -0.39 is 0 Å². The molecular formula is C18H24N2O3. The van der Waals surface area contributed by atoms with Crippen molar-refractivity contribution in [1.29, 1.82) is 0 Å². The molecule has 1 amide bonds. The van der Waals surface area contributed by atoms with Gasteiger partial charge in [0.2, 0.25) is 5.91 Å². The summed E-state index contributed by atoms with van der Waals surface area (Å²) in [4.78, 5) is 16.7. The number of hydrogen-bond donors (Lipinski definition) is 0. The fourth-order valence-corrected chi connectivity index (χ4v) is 3.68. The van der Waals surface area contributed by atoms with Crippen LogP contribution in [0.1, 0.15) is 18.4 Å². The van der Waals surface area contributed by atoms with Gasteiger partial charge in [0.05, 0.1) is 19.3 Å². The number of carbonyl (C=O) groups is 1. The molecule has 3 aliphatic rings. The zero-order chi connectivity index (χ0) is 15.8. The lowest BCUT2D eigenvalue weighted by molar-refractivity contribution is -0.153. The van der Waals surface area contributed by atoms with Crippen molar-refractivity contribution in [2.75, 3.05) is 33.4 Å². The van der Waals surface area contributed by atoms with Gasteiger partial charge in [-0.3, -0.25) is 9.69 Å². The van der Waals surface area contributed by atoms with Gasteiger partial charge in [-0.05, 0) is 36.5 Å². The van der Waals surface area contributed by atoms with Gasteiger partial charge in [0, 0.05) is 26.2 Å². The predicted octanol–water partition coefficient (Wildman–Crippen LogP) is 1.52. The first-order chi connectivity index (χ1) is 11.2. The largest absolute Gasteiger partial charge is 0.497 e. The first-order valence-corrected chi connectivity index (χ1v) is 8.49. The average Bonchev–Trinajstić information content (AvgIpc) is 3.29. The average molecular weight is 316 g/mol. The molecule has 2 atom stereocenters. The van der Waals surface area contributed by atoms with Crippen LogP contribution in [0, 0.1) is 5.92 Å². The molecule has 3 fully saturated rings. The highest BCUT2D eigenvalue weighted by atomic mass is 16.5. The summed E-state index contributed by atoms with van der Waals surface area (Å²) < 4.78 is 11.0. The number of rotatable bonds is 5. The van der Waals surface area contributed by atoms with E-state index in [4.69, 9.17) is 9.47 Å². The summed E-state index contributed by atoms with van der Waals surface area (Å²) in [6.45, 7) is 3.90. The van der Waals surface area contributed by atoms with Crippen molar-refractivity contribution in [3.63, 3.8) is 0 Å². The van der Waals surface area contributed by atoms with Gasteiger partial charge in [-0.15, -0.1) is 0 Å². The lowest BCUT2D eigenvalue weighted by Crippen LogP contribution is -2.54. The van der Waals surface area contributed by atoms with Gasteiger partial charge in [-0.2, -0.15) is 0 Å². The van der Waals surface area contributed by atoms with Crippen LogP contribution in [0.2, 0.25) is 0 Å². The molecule has 0 bridgehead atoms. The molecule has 1 aromatic rings. The number of morpholine rings is 1. The molecular weight excluding hydrogens is 292 g/mol. The number of amides is 1. The summed E-state index contributed by atoms with van der Waals surface area (Å²) in [5.41, 5.74) is 1.27. The van der Waals surface area contributed by atoms with E-state index in [0.29, 0.717) is 0 Å². The highest BCUT2D eigenvalue weighted by Crippen LogP contribution is 2.33. The molecule has 5 nitrogen and oxygen atoms in total. The molecule has 0 radical (unpaired) electrons. The first-order valence-electron chi connectivity index (χ1n) is 8.49. The van der Waals surface area contributed by atoms with Gasteiger partial charge in [0.1, 0.15) is 12.4 Å². The van der Waals surface area contributed by atoms with Gasteiger partial charge in [0.15, 0.2) is 0 Å². The van der Waals surface area contributed by atoms with Crippen molar-refractivity contribution in [1.82, 2.24) is 9.80 Å². The second-order valence-corrected chi connectivity index (χ2v) is 6.95. The summed E-state index contributed by atoms with van der Waals surface area (Å²) in [5, 5.41) is 0. The number of benzene rings is 1. The monoisotopic (exact) mass is 316 g/mol. The number of hydrogen-bond acceptors (Lipinski definition) is 4. The van der Waals surface area contributed by atoms with Crippen molar-refractivity contribution in [2.24, 2.45) is 5.92 Å². The number of likely N-dealkylation sites (tertiary alicyclic amines) is 1. The normalized spacial score (nSPS) is 28.0. The molecule has 0 N–H and O–H groups in total. The Hall–Kier alpha value is -1.59. The molecule has 2 aliphatic heterocycles. The van der Waals surface area contributed by atoms with Crippen LogP contribution in [0.25, 0.3) is 0 Å². The van der Waals surface area contributed by atoms with Crippen molar-refractivity contribution in [3.05, 3.63) is 29.8 Å². The Labute approximate surface area is 137 Å². The molecule has 0 unspecified atom stereocenters. The molecule has 2 saturated heterocycles. The van der Waals surface area contributed by atoms with E-state index in [1.807, 2.05) is 12.1 Å². The molecule has 124 valence electrons. The molecule has 23 heavy (non-hydrogen) atoms. The molecule has 0 aromatic heterocycles. The maximum absolute atomic E-state index is 12.2. The predicted molar refractivity (Wildman–Crippen MR) is 86.2 cm³/mol. The Morgan fingerprint density at radius 2 is 2.00 bits per heavy atom. The Bertz CT molecular complexity index is 570. The van der Waals surface area contributed by atoms with E-state index in [1.165, 1.54) is 18.4 Å². The standard InChI is InChI=1S/C18H24N2O3/c1-22-15-6-4-13(5-7-15)8-19-10-16-17(11-19)23-12-18(21)20(16)9-14-2-3-14/h4-7,14,16-17H,2-3,8-12H2,1H3/t16-,17-/m1/s1. The van der Waals surface area contributed by atoms with Crippen LogP contribution in [-0.2, 0) is 16.1 Å². The van der Waals surface area contributed by atoms with Gasteiger partial charge in [-0.25, -0.2) is 0 Å². The molecule has 1 saturated carbocycles.